The maximum atomic E-state index is 3.70. The Balaban J connectivity index is 1.93. The van der Waals surface area contributed by atoms with Gasteiger partial charge in [0.15, 0.2) is 0 Å². The molecule has 1 aliphatic carbocycles. The predicted molar refractivity (Wildman–Crippen MR) is 80.1 cm³/mol. The van der Waals surface area contributed by atoms with E-state index in [0.29, 0.717) is 12.0 Å². The maximum absolute atomic E-state index is 3.70. The highest BCUT2D eigenvalue weighted by molar-refractivity contribution is 5.46. The average Bonchev–Trinajstić information content (AvgIpc) is 2.34. The third-order valence-corrected chi connectivity index (χ3v) is 4.55. The second kappa shape index (κ2) is 5.77. The Labute approximate surface area is 112 Å². The van der Waals surface area contributed by atoms with E-state index in [1.165, 1.54) is 30.5 Å². The van der Waals surface area contributed by atoms with E-state index < -0.39 is 0 Å². The van der Waals surface area contributed by atoms with Crippen molar-refractivity contribution < 1.29 is 0 Å². The van der Waals surface area contributed by atoms with Crippen molar-refractivity contribution >= 4 is 5.69 Å². The van der Waals surface area contributed by atoms with Crippen LogP contribution in [0.2, 0.25) is 0 Å². The highest BCUT2D eigenvalue weighted by Gasteiger charge is 2.24. The first-order chi connectivity index (χ1) is 8.56. The summed E-state index contributed by atoms with van der Waals surface area (Å²) in [6, 6.07) is 9.64. The molecule has 2 rings (SSSR count). The van der Waals surface area contributed by atoms with Crippen LogP contribution in [-0.2, 0) is 0 Å². The monoisotopic (exact) mass is 245 g/mol. The van der Waals surface area contributed by atoms with Crippen LogP contribution in [-0.4, -0.2) is 6.04 Å². The normalized spacial score (nSPS) is 28.4. The number of benzene rings is 1. The summed E-state index contributed by atoms with van der Waals surface area (Å²) >= 11 is 0. The first-order valence-corrected chi connectivity index (χ1v) is 7.42. The van der Waals surface area contributed by atoms with Crippen LogP contribution in [0.25, 0.3) is 0 Å². The Morgan fingerprint density at radius 3 is 2.22 bits per heavy atom. The Morgan fingerprint density at radius 1 is 1.00 bits per heavy atom. The molecule has 1 N–H and O–H groups in total. The number of anilines is 1. The maximum Gasteiger partial charge on any atom is 0.0342 e. The summed E-state index contributed by atoms with van der Waals surface area (Å²) in [5.74, 6) is 2.37. The molecule has 1 saturated carbocycles. The molecular weight excluding hydrogens is 218 g/mol. The molecule has 1 aromatic carbocycles. The van der Waals surface area contributed by atoms with Crippen molar-refractivity contribution in [1.82, 2.24) is 0 Å². The van der Waals surface area contributed by atoms with Crippen LogP contribution < -0.4 is 5.32 Å². The van der Waals surface area contributed by atoms with Gasteiger partial charge >= 0.3 is 0 Å². The molecule has 0 bridgehead atoms. The van der Waals surface area contributed by atoms with Gasteiger partial charge in [0.1, 0.15) is 0 Å². The molecule has 1 aromatic rings. The van der Waals surface area contributed by atoms with Crippen molar-refractivity contribution in [2.24, 2.45) is 11.8 Å². The second-order valence-corrected chi connectivity index (χ2v) is 6.39. The van der Waals surface area contributed by atoms with E-state index in [9.17, 15) is 0 Å². The van der Waals surface area contributed by atoms with Crippen molar-refractivity contribution in [3.8, 4) is 0 Å². The molecule has 0 saturated heterocycles. The van der Waals surface area contributed by atoms with Crippen LogP contribution in [0.3, 0.4) is 0 Å². The van der Waals surface area contributed by atoms with E-state index >= 15 is 0 Å². The molecule has 100 valence electrons. The van der Waals surface area contributed by atoms with Crippen LogP contribution >= 0.6 is 0 Å². The third kappa shape index (κ3) is 3.28. The smallest absolute Gasteiger partial charge is 0.0342 e. The van der Waals surface area contributed by atoms with Gasteiger partial charge in [0.05, 0.1) is 0 Å². The highest BCUT2D eigenvalue weighted by atomic mass is 14.9. The summed E-state index contributed by atoms with van der Waals surface area (Å²) in [5.41, 5.74) is 2.71. The summed E-state index contributed by atoms with van der Waals surface area (Å²) in [4.78, 5) is 0. The lowest BCUT2D eigenvalue weighted by Gasteiger charge is -2.33. The van der Waals surface area contributed by atoms with E-state index in [1.807, 2.05) is 0 Å². The van der Waals surface area contributed by atoms with Gasteiger partial charge in [-0.3, -0.25) is 0 Å². The van der Waals surface area contributed by atoms with Gasteiger partial charge in [-0.25, -0.2) is 0 Å². The minimum Gasteiger partial charge on any atom is -0.382 e. The summed E-state index contributed by atoms with van der Waals surface area (Å²) in [6.45, 7) is 9.26. The van der Waals surface area contributed by atoms with Crippen molar-refractivity contribution in [2.75, 3.05) is 5.32 Å². The number of hydrogen-bond acceptors (Lipinski definition) is 1. The zero-order chi connectivity index (χ0) is 13.1. The van der Waals surface area contributed by atoms with Gasteiger partial charge in [-0.1, -0.05) is 39.8 Å². The second-order valence-electron chi connectivity index (χ2n) is 6.39. The van der Waals surface area contributed by atoms with Gasteiger partial charge in [-0.05, 0) is 54.7 Å². The lowest BCUT2D eigenvalue weighted by atomic mass is 9.79. The summed E-state index contributed by atoms with van der Waals surface area (Å²) in [6.07, 6.45) is 3.99. The molecule has 0 spiro atoms. The largest absolute Gasteiger partial charge is 0.382 e. The molecule has 1 nitrogen and oxygen atoms in total. The Hall–Kier alpha value is -0.980. The third-order valence-electron chi connectivity index (χ3n) is 4.55. The van der Waals surface area contributed by atoms with E-state index in [0.717, 1.165) is 11.8 Å². The molecule has 0 heterocycles. The van der Waals surface area contributed by atoms with Crippen molar-refractivity contribution in [1.29, 1.82) is 0 Å². The molecule has 18 heavy (non-hydrogen) atoms. The quantitative estimate of drug-likeness (QED) is 0.786. The number of rotatable bonds is 3. The zero-order valence-corrected chi connectivity index (χ0v) is 12.2. The van der Waals surface area contributed by atoms with E-state index in [1.54, 1.807) is 0 Å². The van der Waals surface area contributed by atoms with Crippen LogP contribution in [0, 0.1) is 11.8 Å². The van der Waals surface area contributed by atoms with Gasteiger partial charge in [0.2, 0.25) is 0 Å². The lowest BCUT2D eigenvalue weighted by molar-refractivity contribution is 0.261. The minimum atomic E-state index is 0.620. The van der Waals surface area contributed by atoms with Crippen LogP contribution in [0.5, 0.6) is 0 Å². The fourth-order valence-corrected chi connectivity index (χ4v) is 2.88. The average molecular weight is 245 g/mol. The van der Waals surface area contributed by atoms with Crippen LogP contribution in [0.15, 0.2) is 24.3 Å². The minimum absolute atomic E-state index is 0.620. The molecule has 1 fully saturated rings. The van der Waals surface area contributed by atoms with Crippen molar-refractivity contribution in [3.63, 3.8) is 0 Å². The molecular formula is C17H27N. The van der Waals surface area contributed by atoms with Gasteiger partial charge in [-0.15, -0.1) is 0 Å². The topological polar surface area (TPSA) is 12.0 Å². The molecule has 0 aliphatic heterocycles. The van der Waals surface area contributed by atoms with Gasteiger partial charge in [0.25, 0.3) is 0 Å². The number of hydrogen-bond donors (Lipinski definition) is 1. The summed E-state index contributed by atoms with van der Waals surface area (Å²) < 4.78 is 0. The van der Waals surface area contributed by atoms with Crippen LogP contribution in [0.1, 0.15) is 58.4 Å². The van der Waals surface area contributed by atoms with Gasteiger partial charge in [-0.2, -0.15) is 0 Å². The predicted octanol–water partition coefficient (Wildman–Crippen LogP) is 5.05. The standard InChI is InChI=1S/C17H27N/c1-12(2)15-6-9-16(10-7-15)18-17-8-5-13(3)14(4)11-17/h6-7,9-10,12-14,17-18H,5,8,11H2,1-4H3. The lowest BCUT2D eigenvalue weighted by Crippen LogP contribution is -2.30. The zero-order valence-electron chi connectivity index (χ0n) is 12.2. The fourth-order valence-electron chi connectivity index (χ4n) is 2.88. The van der Waals surface area contributed by atoms with Gasteiger partial charge in [0, 0.05) is 11.7 Å². The molecule has 0 aromatic heterocycles. The van der Waals surface area contributed by atoms with E-state index in [-0.39, 0.29) is 0 Å². The van der Waals surface area contributed by atoms with Crippen molar-refractivity contribution in [3.05, 3.63) is 29.8 Å². The molecule has 0 amide bonds. The first kappa shape index (κ1) is 13.5. The molecule has 1 heteroatoms. The fraction of sp³-hybridized carbons (Fsp3) is 0.647. The SMILES string of the molecule is CC(C)c1ccc(NC2CCC(C)C(C)C2)cc1. The molecule has 3 unspecified atom stereocenters. The van der Waals surface area contributed by atoms with Crippen molar-refractivity contribution in [2.45, 2.75) is 58.9 Å². The van der Waals surface area contributed by atoms with E-state index in [4.69, 9.17) is 0 Å². The Kier molecular flexibility index (Phi) is 4.31. The van der Waals surface area contributed by atoms with E-state index in [2.05, 4.69) is 57.3 Å². The number of nitrogens with one attached hydrogen (secondary N) is 1. The Morgan fingerprint density at radius 2 is 1.67 bits per heavy atom. The Bertz CT molecular complexity index is 366. The van der Waals surface area contributed by atoms with Gasteiger partial charge < -0.3 is 5.32 Å². The summed E-state index contributed by atoms with van der Waals surface area (Å²) in [5, 5.41) is 3.70. The molecule has 0 radical (unpaired) electrons. The summed E-state index contributed by atoms with van der Waals surface area (Å²) in [7, 11) is 0. The first-order valence-electron chi connectivity index (χ1n) is 7.42. The highest BCUT2D eigenvalue weighted by Crippen LogP contribution is 2.31. The molecule has 1 aliphatic rings. The van der Waals surface area contributed by atoms with Crippen LogP contribution in [0.4, 0.5) is 5.69 Å². The molecule has 3 atom stereocenters.